The minimum atomic E-state index is 0.0908. The Morgan fingerprint density at radius 1 is 0.282 bits per heavy atom. The zero-order valence-corrected chi connectivity index (χ0v) is 73.6. The minimum Gasteiger partial charge on any atom is -0.372 e. The lowest BCUT2D eigenvalue weighted by Crippen LogP contribution is -2.22. The van der Waals surface area contributed by atoms with E-state index in [0.29, 0.717) is 0 Å². The van der Waals surface area contributed by atoms with Gasteiger partial charge in [0.05, 0.1) is 44.8 Å². The first kappa shape index (κ1) is 84.8. The van der Waals surface area contributed by atoms with E-state index in [1.807, 2.05) is 91.0 Å². The van der Waals surface area contributed by atoms with Crippen LogP contribution in [0.4, 0.5) is 22.7 Å². The van der Waals surface area contributed by atoms with Gasteiger partial charge in [-0.2, -0.15) is 0 Å². The lowest BCUT2D eigenvalue weighted by molar-refractivity contribution is 0.859. The Bertz CT molecular complexity index is 5580. The van der Waals surface area contributed by atoms with Crippen LogP contribution >= 0.6 is 31.9 Å². The zero-order valence-electron chi connectivity index (χ0n) is 70.4. The van der Waals surface area contributed by atoms with Gasteiger partial charge in [-0.3, -0.25) is 0 Å². The fourth-order valence-corrected chi connectivity index (χ4v) is 17.4. The number of benzene rings is 12. The van der Waals surface area contributed by atoms with Gasteiger partial charge in [-0.05, 0) is 264 Å². The number of halogens is 2. The Morgan fingerprint density at radius 3 is 0.795 bits per heavy atom. The zero-order chi connectivity index (χ0) is 82.8. The molecule has 2 heterocycles. The molecule has 14 aromatic rings. The number of anilines is 4. The van der Waals surface area contributed by atoms with Gasteiger partial charge < -0.3 is 19.6 Å². The summed E-state index contributed by atoms with van der Waals surface area (Å²) < 4.78 is 2.18. The van der Waals surface area contributed by atoms with E-state index in [0.717, 1.165) is 151 Å². The predicted octanol–water partition coefficient (Wildman–Crippen LogP) is 28.5. The van der Waals surface area contributed by atoms with Gasteiger partial charge in [-0.25, -0.2) is 19.9 Å². The maximum Gasteiger partial charge on any atom is 0.0973 e. The van der Waals surface area contributed by atoms with Crippen LogP contribution in [0.1, 0.15) is 156 Å². The highest BCUT2D eigenvalue weighted by Crippen LogP contribution is 2.43. The van der Waals surface area contributed by atoms with Gasteiger partial charge >= 0.3 is 0 Å². The van der Waals surface area contributed by atoms with Gasteiger partial charge in [0.1, 0.15) is 0 Å². The Kier molecular flexibility index (Phi) is 28.9. The lowest BCUT2D eigenvalue weighted by atomic mass is 9.80. The fraction of sp³-hybridized carbons (Fsp3) is 0.215. The number of nitrogens with zero attached hydrogens (tertiary/aromatic N) is 8. The molecule has 0 atom stereocenters. The summed E-state index contributed by atoms with van der Waals surface area (Å²) in [6, 6.07) is 91.2. The molecule has 12 aromatic carbocycles. The first-order valence-corrected chi connectivity index (χ1v) is 42.9. The van der Waals surface area contributed by atoms with Gasteiger partial charge in [0, 0.05) is 118 Å². The van der Waals surface area contributed by atoms with Crippen molar-refractivity contribution in [3.63, 3.8) is 0 Å². The topological polar surface area (TPSA) is 64.5 Å². The number of hydrogen-bond acceptors (Lipinski definition) is 8. The van der Waals surface area contributed by atoms with Crippen molar-refractivity contribution >= 4 is 107 Å². The Labute approximate surface area is 713 Å². The second-order valence-corrected chi connectivity index (χ2v) is 31.7. The highest BCUT2D eigenvalue weighted by atomic mass is 79.9. The summed E-state index contributed by atoms with van der Waals surface area (Å²) in [5.41, 5.74) is 36.4. The van der Waals surface area contributed by atoms with Crippen LogP contribution in [0.15, 0.2) is 283 Å². The highest BCUT2D eigenvalue weighted by molar-refractivity contribution is 9.11. The van der Waals surface area contributed by atoms with Crippen molar-refractivity contribution in [1.82, 2.24) is 19.9 Å². The maximum absolute atomic E-state index is 5.12. The van der Waals surface area contributed by atoms with Gasteiger partial charge in [-0.15, -0.1) is 0 Å². The number of aromatic nitrogens is 4. The Morgan fingerprint density at radius 2 is 0.538 bits per heavy atom. The molecule has 0 N–H and O–H groups in total. The normalized spacial score (nSPS) is 11.2. The van der Waals surface area contributed by atoms with Crippen molar-refractivity contribution in [2.24, 2.45) is 0 Å². The van der Waals surface area contributed by atoms with Gasteiger partial charge in [0.15, 0.2) is 0 Å². The van der Waals surface area contributed by atoms with Crippen molar-refractivity contribution in [1.29, 1.82) is 0 Å². The molecule has 0 aliphatic rings. The fourth-order valence-electron chi connectivity index (χ4n) is 16.1. The maximum atomic E-state index is 5.12. The van der Waals surface area contributed by atoms with E-state index in [4.69, 9.17) is 19.9 Å². The summed E-state index contributed by atoms with van der Waals surface area (Å²) in [6.07, 6.45) is 10.00. The summed E-state index contributed by atoms with van der Waals surface area (Å²) in [6.45, 7) is 48.6. The largest absolute Gasteiger partial charge is 0.372 e. The van der Waals surface area contributed by atoms with Crippen LogP contribution in [0.5, 0.6) is 0 Å². The quantitative estimate of drug-likeness (QED) is 0.0373. The van der Waals surface area contributed by atoms with Crippen molar-refractivity contribution < 1.29 is 0 Å². The molecule has 0 bridgehead atoms. The lowest BCUT2D eigenvalue weighted by Gasteiger charge is -2.28. The molecule has 0 fully saturated rings. The highest BCUT2D eigenvalue weighted by Gasteiger charge is 2.26. The number of fused-ring (bicyclic) bond motifs is 2. The molecule has 8 nitrogen and oxygen atoms in total. The van der Waals surface area contributed by atoms with Crippen molar-refractivity contribution in [3.05, 3.63) is 372 Å². The first-order chi connectivity index (χ1) is 56.8. The van der Waals surface area contributed by atoms with E-state index < -0.39 is 0 Å². The second-order valence-electron chi connectivity index (χ2n) is 29.9. The van der Waals surface area contributed by atoms with E-state index in [1.54, 1.807) is 0 Å². The summed E-state index contributed by atoms with van der Waals surface area (Å²) in [4.78, 5) is 29.7. The summed E-state index contributed by atoms with van der Waals surface area (Å²) >= 11 is 7.44. The monoisotopic (exact) mass is 1660 g/mol. The van der Waals surface area contributed by atoms with Crippen LogP contribution in [-0.4, -0.2) is 72.3 Å². The van der Waals surface area contributed by atoms with E-state index in [1.165, 1.54) is 89.5 Å². The van der Waals surface area contributed by atoms with Crippen molar-refractivity contribution in [2.75, 3.05) is 72.0 Å². The van der Waals surface area contributed by atoms with E-state index in [2.05, 4.69) is 355 Å². The molecule has 0 spiro atoms. The molecular weight excluding hydrogens is 1560 g/mol. The second kappa shape index (κ2) is 39.9. The Hall–Kier alpha value is -11.6. The number of aryl methyl sites for hydroxylation is 5. The molecule has 2 aromatic heterocycles. The summed E-state index contributed by atoms with van der Waals surface area (Å²) in [5.74, 6) is 0.253. The Balaban J connectivity index is 0.000000179. The molecule has 0 saturated heterocycles. The molecule has 10 heteroatoms. The average Bonchev–Trinajstić information content (AvgIpc) is 0.818. The third-order valence-electron chi connectivity index (χ3n) is 22.5. The van der Waals surface area contributed by atoms with Crippen molar-refractivity contribution in [2.45, 2.75) is 102 Å². The third kappa shape index (κ3) is 20.1. The van der Waals surface area contributed by atoms with Crippen LogP contribution in [0.2, 0.25) is 0 Å². The standard InChI is InChI=1S/C54H56N4.C29H36Br2N2.C24H18N2/c1-9-40-20-24-43(25-21-40)53-54(56-51-17-15-14-16-50(51)55-53)44-26-22-41(23-27-44)18-19-42-32-37(6)33-45(36-42)52(48-30-28-46(34-38(48)7)57(10-2)11-3)49-31-29-47(35-39(49)8)58(12-4)13-5;1-7-32(8-2)25-11-13-27(20(5)15-25)29(22-17-23(30)19-24(31)18-22)28-14-12-26(16-21(28)6)33(9-3)10-4;1-3-17-9-13-19(14-10-17)23-24(20-15-11-18(4-2)12-16-20)26-22-8-6-5-7-21(22)25-23/h9,14-36,52H,1,10-13H2,2-8H3;11-19,29H,7-10H2,1-6H3;3-16H,1-2H2/b19-18+;;. The van der Waals surface area contributed by atoms with Crippen molar-refractivity contribution in [3.8, 4) is 45.0 Å². The number of rotatable bonds is 27. The number of hydrogen-bond donors (Lipinski definition) is 0. The molecular formula is C107H110Br2N8. The van der Waals surface area contributed by atoms with Gasteiger partial charge in [-0.1, -0.05) is 251 Å². The molecule has 117 heavy (non-hydrogen) atoms. The molecule has 0 saturated carbocycles. The van der Waals surface area contributed by atoms with Crippen LogP contribution in [0.25, 0.3) is 97.5 Å². The van der Waals surface area contributed by atoms with Gasteiger partial charge in [0.2, 0.25) is 0 Å². The van der Waals surface area contributed by atoms with Crippen LogP contribution in [0.3, 0.4) is 0 Å². The van der Waals surface area contributed by atoms with Gasteiger partial charge in [0.25, 0.3) is 0 Å². The molecule has 0 amide bonds. The molecule has 0 aliphatic carbocycles. The molecule has 0 radical (unpaired) electrons. The first-order valence-electron chi connectivity index (χ1n) is 41.3. The predicted molar refractivity (Wildman–Crippen MR) is 514 cm³/mol. The minimum absolute atomic E-state index is 0.0908. The number of para-hydroxylation sites is 4. The van der Waals surface area contributed by atoms with E-state index >= 15 is 0 Å². The SMILES string of the molecule is C=Cc1ccc(-c2nc3ccccc3nc2-c2ccc(/C=C/c3cc(C)cc(C(c4ccc(N(CC)CC)cc4C)c4ccc(N(CC)CC)cc4C)c3)cc2)cc1.C=Cc1ccc(-c2nc3ccccc3nc2-c2ccc(C=C)cc2)cc1.CCN(CC)c1ccc(C(c2cc(Br)cc(Br)c2)c2ccc(N(CC)CC)cc2C)c(C)c1. The molecule has 14 rings (SSSR count). The average molecular weight is 1670 g/mol. The van der Waals surface area contributed by atoms with Crippen LogP contribution in [-0.2, 0) is 0 Å². The molecule has 0 unspecified atom stereocenters. The summed E-state index contributed by atoms with van der Waals surface area (Å²) in [7, 11) is 0. The van der Waals surface area contributed by atoms with Crippen LogP contribution in [0, 0.1) is 34.6 Å². The smallest absolute Gasteiger partial charge is 0.0973 e. The summed E-state index contributed by atoms with van der Waals surface area (Å²) in [5, 5.41) is 0. The molecule has 0 aliphatic heterocycles. The van der Waals surface area contributed by atoms with E-state index in [-0.39, 0.29) is 11.8 Å². The molecule has 592 valence electrons. The van der Waals surface area contributed by atoms with Crippen LogP contribution < -0.4 is 19.6 Å². The third-order valence-corrected chi connectivity index (χ3v) is 23.4. The van der Waals surface area contributed by atoms with E-state index in [9.17, 15) is 0 Å².